The van der Waals surface area contributed by atoms with Crippen molar-refractivity contribution in [1.29, 1.82) is 0 Å². The summed E-state index contributed by atoms with van der Waals surface area (Å²) in [4.78, 5) is 29.1. The molecule has 1 heterocycles. The molecule has 4 heteroatoms. The summed E-state index contributed by atoms with van der Waals surface area (Å²) in [5.74, 6) is 0.126. The number of Topliss-reactive ketones (excluding diaryl/α,β-unsaturated/α-hetero) is 1. The molecule has 0 bridgehead atoms. The van der Waals surface area contributed by atoms with Gasteiger partial charge in [0.25, 0.3) is 0 Å². The molecule has 1 amide bonds. The zero-order valence-corrected chi connectivity index (χ0v) is 16.5. The minimum absolute atomic E-state index is 0.0462. The maximum Gasteiger partial charge on any atom is 0.223 e. The van der Waals surface area contributed by atoms with Crippen LogP contribution in [0.1, 0.15) is 39.9 Å². The van der Waals surface area contributed by atoms with Gasteiger partial charge < -0.3 is 9.80 Å². The average molecular weight is 364 g/mol. The van der Waals surface area contributed by atoms with Crippen molar-refractivity contribution in [2.45, 2.75) is 33.6 Å². The zero-order chi connectivity index (χ0) is 19.4. The lowest BCUT2D eigenvalue weighted by atomic mass is 10.0. The van der Waals surface area contributed by atoms with E-state index in [4.69, 9.17) is 0 Å². The zero-order valence-electron chi connectivity index (χ0n) is 16.5. The quantitative estimate of drug-likeness (QED) is 0.755. The normalized spacial score (nSPS) is 14.3. The first-order valence-corrected chi connectivity index (χ1v) is 9.64. The van der Waals surface area contributed by atoms with Crippen LogP contribution in [0.4, 0.5) is 5.69 Å². The van der Waals surface area contributed by atoms with Gasteiger partial charge in [-0.2, -0.15) is 0 Å². The van der Waals surface area contributed by atoms with Crippen molar-refractivity contribution in [2.24, 2.45) is 0 Å². The number of ketones is 1. The van der Waals surface area contributed by atoms with Crippen LogP contribution in [0.2, 0.25) is 0 Å². The van der Waals surface area contributed by atoms with Gasteiger partial charge in [0.05, 0.1) is 0 Å². The average Bonchev–Trinajstić information content (AvgIpc) is 2.68. The Morgan fingerprint density at radius 2 is 1.59 bits per heavy atom. The Balaban J connectivity index is 1.49. The van der Waals surface area contributed by atoms with Crippen LogP contribution in [-0.4, -0.2) is 42.8 Å². The minimum atomic E-state index is 0.0462. The standard InChI is InChI=1S/C23H28N2O2/c1-17-5-4-6-21(15-17)24-11-13-25(14-12-24)23(27)10-9-22(26)20-8-7-18(2)19(3)16-20/h4-8,15-16H,9-14H2,1-3H3. The molecule has 1 aliphatic rings. The highest BCUT2D eigenvalue weighted by Gasteiger charge is 2.22. The summed E-state index contributed by atoms with van der Waals surface area (Å²) in [6, 6.07) is 14.2. The summed E-state index contributed by atoms with van der Waals surface area (Å²) in [5, 5.41) is 0. The van der Waals surface area contributed by atoms with Crippen LogP contribution in [0.25, 0.3) is 0 Å². The van der Waals surface area contributed by atoms with E-state index < -0.39 is 0 Å². The second kappa shape index (κ2) is 8.38. The number of benzene rings is 2. The number of carbonyl (C=O) groups is 2. The van der Waals surface area contributed by atoms with Crippen molar-refractivity contribution in [2.75, 3.05) is 31.1 Å². The Labute approximate surface area is 161 Å². The van der Waals surface area contributed by atoms with Gasteiger partial charge in [-0.3, -0.25) is 9.59 Å². The number of aryl methyl sites for hydroxylation is 3. The number of carbonyl (C=O) groups excluding carboxylic acids is 2. The highest BCUT2D eigenvalue weighted by atomic mass is 16.2. The Morgan fingerprint density at radius 1 is 0.852 bits per heavy atom. The third-order valence-electron chi connectivity index (χ3n) is 5.39. The van der Waals surface area contributed by atoms with Crippen LogP contribution in [0.15, 0.2) is 42.5 Å². The highest BCUT2D eigenvalue weighted by molar-refractivity contribution is 5.98. The molecule has 4 nitrogen and oxygen atoms in total. The van der Waals surface area contributed by atoms with Crippen LogP contribution in [0.5, 0.6) is 0 Å². The molecular formula is C23H28N2O2. The van der Waals surface area contributed by atoms with Gasteiger partial charge in [-0.05, 0) is 55.7 Å². The van der Waals surface area contributed by atoms with E-state index in [1.165, 1.54) is 16.8 Å². The monoisotopic (exact) mass is 364 g/mol. The number of anilines is 1. The molecule has 0 aromatic heterocycles. The lowest BCUT2D eigenvalue weighted by Crippen LogP contribution is -2.48. The third kappa shape index (κ3) is 4.76. The first-order chi connectivity index (χ1) is 12.9. The van der Waals surface area contributed by atoms with Gasteiger partial charge in [0, 0.05) is 50.3 Å². The third-order valence-corrected chi connectivity index (χ3v) is 5.39. The summed E-state index contributed by atoms with van der Waals surface area (Å²) in [5.41, 5.74) is 5.45. The first-order valence-electron chi connectivity index (χ1n) is 9.64. The van der Waals surface area contributed by atoms with Crippen molar-refractivity contribution < 1.29 is 9.59 Å². The number of rotatable bonds is 5. The number of hydrogen-bond donors (Lipinski definition) is 0. The predicted molar refractivity (Wildman–Crippen MR) is 109 cm³/mol. The maximum absolute atomic E-state index is 12.5. The van der Waals surface area contributed by atoms with Crippen LogP contribution in [0, 0.1) is 20.8 Å². The fourth-order valence-corrected chi connectivity index (χ4v) is 3.48. The van der Waals surface area contributed by atoms with E-state index in [1.807, 2.05) is 36.9 Å². The van der Waals surface area contributed by atoms with Crippen molar-refractivity contribution in [3.05, 3.63) is 64.7 Å². The smallest absolute Gasteiger partial charge is 0.223 e. The van der Waals surface area contributed by atoms with Gasteiger partial charge in [-0.25, -0.2) is 0 Å². The molecule has 1 aliphatic heterocycles. The topological polar surface area (TPSA) is 40.6 Å². The van der Waals surface area contributed by atoms with Crippen LogP contribution < -0.4 is 4.90 Å². The molecule has 27 heavy (non-hydrogen) atoms. The molecule has 2 aromatic rings. The van der Waals surface area contributed by atoms with E-state index in [0.717, 1.165) is 18.7 Å². The van der Waals surface area contributed by atoms with E-state index in [1.54, 1.807) is 0 Å². The van der Waals surface area contributed by atoms with Gasteiger partial charge in [-0.1, -0.05) is 24.3 Å². The Bertz CT molecular complexity index is 836. The maximum atomic E-state index is 12.5. The lowest BCUT2D eigenvalue weighted by Gasteiger charge is -2.36. The SMILES string of the molecule is Cc1cccc(N2CCN(C(=O)CCC(=O)c3ccc(C)c(C)c3)CC2)c1. The molecule has 0 aliphatic carbocycles. The van der Waals surface area contributed by atoms with Crippen molar-refractivity contribution in [1.82, 2.24) is 4.90 Å². The number of hydrogen-bond acceptors (Lipinski definition) is 3. The fourth-order valence-electron chi connectivity index (χ4n) is 3.48. The summed E-state index contributed by atoms with van der Waals surface area (Å²) in [6.07, 6.45) is 0.565. The largest absolute Gasteiger partial charge is 0.368 e. The predicted octanol–water partition coefficient (Wildman–Crippen LogP) is 3.92. The molecule has 0 spiro atoms. The molecule has 1 fully saturated rings. The Hall–Kier alpha value is -2.62. The van der Waals surface area contributed by atoms with Crippen molar-refractivity contribution >= 4 is 17.4 Å². The summed E-state index contributed by atoms with van der Waals surface area (Å²) in [7, 11) is 0. The van der Waals surface area contributed by atoms with E-state index >= 15 is 0 Å². The summed E-state index contributed by atoms with van der Waals surface area (Å²) < 4.78 is 0. The second-order valence-electron chi connectivity index (χ2n) is 7.43. The Morgan fingerprint density at radius 3 is 2.26 bits per heavy atom. The summed E-state index contributed by atoms with van der Waals surface area (Å²) >= 11 is 0. The van der Waals surface area contributed by atoms with Gasteiger partial charge in [0.2, 0.25) is 5.91 Å². The van der Waals surface area contributed by atoms with Crippen LogP contribution in [-0.2, 0) is 4.79 Å². The Kier molecular flexibility index (Phi) is 5.94. The molecule has 3 rings (SSSR count). The first kappa shape index (κ1) is 19.2. The van der Waals surface area contributed by atoms with Gasteiger partial charge in [-0.15, -0.1) is 0 Å². The van der Waals surface area contributed by atoms with Crippen molar-refractivity contribution in [3.63, 3.8) is 0 Å². The van der Waals surface area contributed by atoms with E-state index in [2.05, 4.69) is 36.1 Å². The number of nitrogens with zero attached hydrogens (tertiary/aromatic N) is 2. The number of amides is 1. The molecule has 142 valence electrons. The van der Waals surface area contributed by atoms with E-state index in [9.17, 15) is 9.59 Å². The van der Waals surface area contributed by atoms with E-state index in [0.29, 0.717) is 18.7 Å². The molecule has 0 N–H and O–H groups in total. The van der Waals surface area contributed by atoms with Crippen LogP contribution >= 0.6 is 0 Å². The van der Waals surface area contributed by atoms with Crippen LogP contribution in [0.3, 0.4) is 0 Å². The van der Waals surface area contributed by atoms with Gasteiger partial charge in [0.15, 0.2) is 5.78 Å². The summed E-state index contributed by atoms with van der Waals surface area (Å²) in [6.45, 7) is 9.22. The molecule has 0 atom stereocenters. The molecule has 0 unspecified atom stereocenters. The molecule has 2 aromatic carbocycles. The van der Waals surface area contributed by atoms with E-state index in [-0.39, 0.29) is 24.5 Å². The molecule has 0 radical (unpaired) electrons. The van der Waals surface area contributed by atoms with Gasteiger partial charge >= 0.3 is 0 Å². The molecular weight excluding hydrogens is 336 g/mol. The molecule has 1 saturated heterocycles. The lowest BCUT2D eigenvalue weighted by molar-refractivity contribution is -0.131. The second-order valence-corrected chi connectivity index (χ2v) is 7.43. The fraction of sp³-hybridized carbons (Fsp3) is 0.391. The number of piperazine rings is 1. The van der Waals surface area contributed by atoms with Gasteiger partial charge in [0.1, 0.15) is 0 Å². The minimum Gasteiger partial charge on any atom is -0.368 e. The highest BCUT2D eigenvalue weighted by Crippen LogP contribution is 2.18. The molecule has 0 saturated carbocycles. The van der Waals surface area contributed by atoms with Crippen molar-refractivity contribution in [3.8, 4) is 0 Å².